The number of benzene rings is 2. The number of nitrogens with zero attached hydrogens (tertiary/aromatic N) is 1. The summed E-state index contributed by atoms with van der Waals surface area (Å²) in [6, 6.07) is 6.08. The number of primary amides is 1. The van der Waals surface area contributed by atoms with Crippen molar-refractivity contribution >= 4 is 23.6 Å². The molecule has 1 heterocycles. The first kappa shape index (κ1) is 32.5. The predicted octanol–water partition coefficient (Wildman–Crippen LogP) is 1.99. The van der Waals surface area contributed by atoms with E-state index >= 15 is 0 Å². The summed E-state index contributed by atoms with van der Waals surface area (Å²) in [4.78, 5) is 53.1. The Kier molecular flexibility index (Phi) is 10.7. The number of aryl methyl sites for hydroxylation is 1. The Balaban J connectivity index is 1.85. The van der Waals surface area contributed by atoms with Gasteiger partial charge >= 0.3 is 6.18 Å². The van der Waals surface area contributed by atoms with E-state index in [0.29, 0.717) is 12.5 Å². The molecule has 0 bridgehead atoms. The lowest BCUT2D eigenvalue weighted by atomic mass is 9.98. The van der Waals surface area contributed by atoms with E-state index in [0.717, 1.165) is 11.6 Å². The highest BCUT2D eigenvalue weighted by atomic mass is 19.4. The zero-order valence-electron chi connectivity index (χ0n) is 23.6. The van der Waals surface area contributed by atoms with Crippen LogP contribution in [-0.4, -0.2) is 66.3 Å². The Morgan fingerprint density at radius 2 is 1.71 bits per heavy atom. The lowest BCUT2D eigenvalue weighted by Crippen LogP contribution is -2.57. The molecule has 9 nitrogen and oxygen atoms in total. The maximum Gasteiger partial charge on any atom is 0.416 e. The summed E-state index contributed by atoms with van der Waals surface area (Å²) in [5, 5.41) is 7.88. The summed E-state index contributed by atoms with van der Waals surface area (Å²) in [5.41, 5.74) is 4.70. The number of likely N-dealkylation sites (tertiary alicyclic amines) is 1. The average molecular weight is 594 g/mol. The third-order valence-corrected chi connectivity index (χ3v) is 7.34. The third kappa shape index (κ3) is 8.05. The minimum absolute atomic E-state index is 0.135. The Morgan fingerprint density at radius 1 is 1.05 bits per heavy atom. The molecule has 0 radical (unpaired) electrons. The van der Waals surface area contributed by atoms with Crippen molar-refractivity contribution in [3.63, 3.8) is 0 Å². The molecule has 0 unspecified atom stereocenters. The van der Waals surface area contributed by atoms with Crippen molar-refractivity contribution in [3.8, 4) is 0 Å². The molecule has 42 heavy (non-hydrogen) atoms. The van der Waals surface area contributed by atoms with Crippen molar-refractivity contribution in [2.75, 3.05) is 13.6 Å². The van der Waals surface area contributed by atoms with Crippen molar-refractivity contribution in [3.05, 3.63) is 70.5 Å². The van der Waals surface area contributed by atoms with Crippen LogP contribution in [0.25, 0.3) is 0 Å². The number of carbonyl (C=O) groups excluding carboxylic acids is 4. The maximum atomic E-state index is 14.9. The number of rotatable bonds is 11. The smallest absolute Gasteiger partial charge is 0.368 e. The van der Waals surface area contributed by atoms with Crippen molar-refractivity contribution < 1.29 is 36.7 Å². The van der Waals surface area contributed by atoms with E-state index in [4.69, 9.17) is 5.73 Å². The second kappa shape index (κ2) is 13.8. The van der Waals surface area contributed by atoms with Crippen LogP contribution in [0.2, 0.25) is 0 Å². The summed E-state index contributed by atoms with van der Waals surface area (Å²) in [7, 11) is 1.52. The Morgan fingerprint density at radius 3 is 2.31 bits per heavy atom. The van der Waals surface area contributed by atoms with Crippen molar-refractivity contribution in [1.82, 2.24) is 20.9 Å². The number of halogens is 4. The van der Waals surface area contributed by atoms with Crippen LogP contribution >= 0.6 is 0 Å². The molecule has 0 aromatic heterocycles. The van der Waals surface area contributed by atoms with Crippen LogP contribution in [0.15, 0.2) is 42.5 Å². The molecular weight excluding hydrogens is 558 g/mol. The molecule has 0 spiro atoms. The highest BCUT2D eigenvalue weighted by Gasteiger charge is 2.40. The molecule has 0 saturated carbocycles. The van der Waals surface area contributed by atoms with Gasteiger partial charge in [-0.2, -0.15) is 13.2 Å². The van der Waals surface area contributed by atoms with Gasteiger partial charge in [0.15, 0.2) is 0 Å². The summed E-state index contributed by atoms with van der Waals surface area (Å²) in [6.07, 6.45) is -4.39. The quantitative estimate of drug-likeness (QED) is 0.296. The average Bonchev–Trinajstić information content (AvgIpc) is 3.43. The molecule has 228 valence electrons. The van der Waals surface area contributed by atoms with Crippen LogP contribution in [0.3, 0.4) is 0 Å². The molecule has 3 rings (SSSR count). The molecule has 1 aliphatic rings. The van der Waals surface area contributed by atoms with Gasteiger partial charge in [-0.1, -0.05) is 36.4 Å². The summed E-state index contributed by atoms with van der Waals surface area (Å²) >= 11 is 0. The normalized spacial score (nSPS) is 17.3. The van der Waals surface area contributed by atoms with Gasteiger partial charge in [0, 0.05) is 19.4 Å². The SMILES string of the molecule is CN[C@@H](C)C(=O)N[C@@H](Cc1cc(C)c(C(F)(F)F)cc1F)C(=O)N1CCC[C@H]1C(=O)N[C@@H](Cc1ccccc1)C(N)=O. The minimum atomic E-state index is -4.77. The van der Waals surface area contributed by atoms with E-state index < -0.39 is 71.8 Å². The van der Waals surface area contributed by atoms with Crippen molar-refractivity contribution in [2.45, 2.75) is 69.9 Å². The maximum absolute atomic E-state index is 14.9. The van der Waals surface area contributed by atoms with Gasteiger partial charge in [0.05, 0.1) is 11.6 Å². The van der Waals surface area contributed by atoms with Crippen molar-refractivity contribution in [1.29, 1.82) is 0 Å². The summed E-state index contributed by atoms with van der Waals surface area (Å²) in [6.45, 7) is 2.84. The molecule has 1 saturated heterocycles. The van der Waals surface area contributed by atoms with Gasteiger partial charge in [-0.15, -0.1) is 0 Å². The molecule has 4 amide bonds. The number of nitrogens with one attached hydrogen (secondary N) is 3. The molecule has 2 aromatic rings. The third-order valence-electron chi connectivity index (χ3n) is 7.34. The van der Waals surface area contributed by atoms with Gasteiger partial charge in [-0.3, -0.25) is 19.2 Å². The van der Waals surface area contributed by atoms with E-state index in [9.17, 15) is 36.7 Å². The Bertz CT molecular complexity index is 1300. The number of amides is 4. The summed E-state index contributed by atoms with van der Waals surface area (Å²) in [5.74, 6) is -3.87. The first-order chi connectivity index (χ1) is 19.7. The predicted molar refractivity (Wildman–Crippen MR) is 146 cm³/mol. The van der Waals surface area contributed by atoms with Crippen molar-refractivity contribution in [2.24, 2.45) is 5.73 Å². The van der Waals surface area contributed by atoms with E-state index in [1.54, 1.807) is 30.3 Å². The second-order valence-corrected chi connectivity index (χ2v) is 10.4. The molecular formula is C29H35F4N5O4. The van der Waals surface area contributed by atoms with Gasteiger partial charge in [0.1, 0.15) is 23.9 Å². The number of hydrogen-bond acceptors (Lipinski definition) is 5. The number of likely N-dealkylation sites (N-methyl/N-ethyl adjacent to an activating group) is 1. The van der Waals surface area contributed by atoms with Gasteiger partial charge < -0.3 is 26.6 Å². The number of carbonyl (C=O) groups is 4. The second-order valence-electron chi connectivity index (χ2n) is 10.4. The lowest BCUT2D eigenvalue weighted by Gasteiger charge is -2.30. The first-order valence-corrected chi connectivity index (χ1v) is 13.5. The minimum Gasteiger partial charge on any atom is -0.368 e. The van der Waals surface area contributed by atoms with Gasteiger partial charge in [-0.05, 0) is 56.5 Å². The highest BCUT2D eigenvalue weighted by Crippen LogP contribution is 2.33. The zero-order chi connectivity index (χ0) is 31.2. The molecule has 5 N–H and O–H groups in total. The monoisotopic (exact) mass is 593 g/mol. The number of nitrogens with two attached hydrogens (primary N) is 1. The van der Waals surface area contributed by atoms with Crippen LogP contribution in [0.4, 0.5) is 17.6 Å². The van der Waals surface area contributed by atoms with Crippen LogP contribution in [0.1, 0.15) is 42.0 Å². The topological polar surface area (TPSA) is 134 Å². The fourth-order valence-corrected chi connectivity index (χ4v) is 4.89. The largest absolute Gasteiger partial charge is 0.416 e. The Labute approximate surface area is 241 Å². The molecule has 2 aromatic carbocycles. The Hall–Kier alpha value is -4.00. The van der Waals surface area contributed by atoms with E-state index in [1.807, 2.05) is 0 Å². The van der Waals surface area contributed by atoms with Crippen LogP contribution in [0.5, 0.6) is 0 Å². The van der Waals surface area contributed by atoms with E-state index in [1.165, 1.54) is 25.8 Å². The van der Waals surface area contributed by atoms with E-state index in [-0.39, 0.29) is 30.5 Å². The van der Waals surface area contributed by atoms with Gasteiger partial charge in [0.25, 0.3) is 0 Å². The molecule has 4 atom stereocenters. The fraction of sp³-hybridized carbons (Fsp3) is 0.448. The zero-order valence-corrected chi connectivity index (χ0v) is 23.6. The number of hydrogen-bond donors (Lipinski definition) is 4. The van der Waals surface area contributed by atoms with Crippen LogP contribution < -0.4 is 21.7 Å². The summed E-state index contributed by atoms with van der Waals surface area (Å²) < 4.78 is 54.7. The number of alkyl halides is 3. The van der Waals surface area contributed by atoms with E-state index in [2.05, 4.69) is 16.0 Å². The standard InChI is InChI=1S/C29H35F4N5O4/c1-16-12-19(21(30)15-20(16)29(31,32)33)14-23(37-26(40)17(2)35-3)28(42)38-11-7-10-24(38)27(41)36-22(25(34)39)13-18-8-5-4-6-9-18/h4-6,8-9,12,15,17,22-24,35H,7,10-11,13-14H2,1-3H3,(H2,34,39)(H,36,41)(H,37,40)/t17-,22-,23-,24-/m0/s1. The van der Waals surface area contributed by atoms with Gasteiger partial charge in [0.2, 0.25) is 23.6 Å². The first-order valence-electron chi connectivity index (χ1n) is 13.5. The fourth-order valence-electron chi connectivity index (χ4n) is 4.89. The molecule has 0 aliphatic carbocycles. The molecule has 1 aliphatic heterocycles. The molecule has 1 fully saturated rings. The van der Waals surface area contributed by atoms with Crippen LogP contribution in [-0.2, 0) is 38.2 Å². The highest BCUT2D eigenvalue weighted by molar-refractivity contribution is 5.95. The molecule has 13 heteroatoms. The van der Waals surface area contributed by atoms with Gasteiger partial charge in [-0.25, -0.2) is 4.39 Å². The van der Waals surface area contributed by atoms with Crippen LogP contribution in [0, 0.1) is 12.7 Å². The lowest BCUT2D eigenvalue weighted by molar-refractivity contribution is -0.142.